The fourth-order valence-electron chi connectivity index (χ4n) is 2.17. The predicted octanol–water partition coefficient (Wildman–Crippen LogP) is 2.00. The molecule has 1 saturated heterocycles. The summed E-state index contributed by atoms with van der Waals surface area (Å²) < 4.78 is 0. The number of hydrogen-bond acceptors (Lipinski definition) is 3. The van der Waals surface area contributed by atoms with Crippen LogP contribution >= 0.6 is 0 Å². The fourth-order valence-corrected chi connectivity index (χ4v) is 2.17. The smallest absolute Gasteiger partial charge is 0.0683 e. The van der Waals surface area contributed by atoms with Gasteiger partial charge >= 0.3 is 0 Å². The maximum atomic E-state index is 8.91. The molecule has 1 aliphatic rings. The van der Waals surface area contributed by atoms with E-state index in [2.05, 4.69) is 23.2 Å². The number of piperazine rings is 1. The first kappa shape index (κ1) is 13.5. The summed E-state index contributed by atoms with van der Waals surface area (Å²) in [6.45, 7) is 10.9. The molecular formula is C13H25N3. The van der Waals surface area contributed by atoms with E-state index >= 15 is 0 Å². The van der Waals surface area contributed by atoms with Crippen LogP contribution in [0.5, 0.6) is 0 Å². The Morgan fingerprint density at radius 3 is 2.81 bits per heavy atom. The largest absolute Gasteiger partial charge is 0.312 e. The number of unbranched alkanes of at least 4 members (excludes halogenated alkanes) is 1. The number of nitriles is 1. The third kappa shape index (κ3) is 4.96. The van der Waals surface area contributed by atoms with Crippen LogP contribution in [0.1, 0.15) is 40.0 Å². The predicted molar refractivity (Wildman–Crippen MR) is 67.1 cm³/mol. The summed E-state index contributed by atoms with van der Waals surface area (Å²) >= 11 is 0. The van der Waals surface area contributed by atoms with E-state index in [0.29, 0.717) is 6.04 Å². The molecule has 0 aromatic carbocycles. The van der Waals surface area contributed by atoms with Crippen molar-refractivity contribution >= 4 is 0 Å². The minimum Gasteiger partial charge on any atom is -0.312 e. The van der Waals surface area contributed by atoms with Gasteiger partial charge in [0.15, 0.2) is 0 Å². The van der Waals surface area contributed by atoms with Crippen molar-refractivity contribution < 1.29 is 0 Å². The average molecular weight is 223 g/mol. The van der Waals surface area contributed by atoms with Crippen LogP contribution in [-0.2, 0) is 0 Å². The number of rotatable bonds is 5. The Kier molecular flexibility index (Phi) is 5.24. The summed E-state index contributed by atoms with van der Waals surface area (Å²) in [5, 5.41) is 12.4. The van der Waals surface area contributed by atoms with Gasteiger partial charge in [0.05, 0.1) is 11.5 Å². The lowest BCUT2D eigenvalue weighted by molar-refractivity contribution is 0.201. The third-order valence-corrected chi connectivity index (χ3v) is 3.28. The maximum Gasteiger partial charge on any atom is 0.0683 e. The van der Waals surface area contributed by atoms with Crippen molar-refractivity contribution in [3.05, 3.63) is 0 Å². The lowest BCUT2D eigenvalue weighted by Gasteiger charge is -2.31. The molecule has 1 N–H and O–H groups in total. The minimum absolute atomic E-state index is 0.142. The van der Waals surface area contributed by atoms with E-state index in [1.807, 2.05) is 13.8 Å². The van der Waals surface area contributed by atoms with Gasteiger partial charge in [0, 0.05) is 25.7 Å². The normalized spacial score (nSPS) is 23.0. The molecule has 3 heteroatoms. The Labute approximate surface area is 99.8 Å². The van der Waals surface area contributed by atoms with Crippen molar-refractivity contribution in [1.82, 2.24) is 10.2 Å². The summed E-state index contributed by atoms with van der Waals surface area (Å²) in [4.78, 5) is 2.53. The second kappa shape index (κ2) is 6.22. The molecule has 1 rings (SSSR count). The molecule has 0 aromatic rings. The molecule has 16 heavy (non-hydrogen) atoms. The van der Waals surface area contributed by atoms with E-state index < -0.39 is 0 Å². The molecule has 1 unspecified atom stereocenters. The van der Waals surface area contributed by atoms with E-state index in [9.17, 15) is 0 Å². The summed E-state index contributed by atoms with van der Waals surface area (Å²) in [6.07, 6.45) is 3.40. The van der Waals surface area contributed by atoms with Gasteiger partial charge in [0.2, 0.25) is 0 Å². The Morgan fingerprint density at radius 1 is 1.44 bits per heavy atom. The summed E-state index contributed by atoms with van der Waals surface area (Å²) in [6, 6.07) is 2.99. The molecule has 0 spiro atoms. The lowest BCUT2D eigenvalue weighted by atomic mass is 9.89. The van der Waals surface area contributed by atoms with Crippen molar-refractivity contribution in [3.8, 4) is 6.07 Å². The molecule has 1 heterocycles. The van der Waals surface area contributed by atoms with E-state index in [1.54, 1.807) is 0 Å². The van der Waals surface area contributed by atoms with Crippen LogP contribution < -0.4 is 5.32 Å². The van der Waals surface area contributed by atoms with Crippen LogP contribution in [0, 0.1) is 16.7 Å². The zero-order valence-electron chi connectivity index (χ0n) is 10.9. The monoisotopic (exact) mass is 223 g/mol. The number of nitrogens with zero attached hydrogens (tertiary/aromatic N) is 2. The van der Waals surface area contributed by atoms with Crippen molar-refractivity contribution in [2.45, 2.75) is 46.1 Å². The van der Waals surface area contributed by atoms with E-state index in [4.69, 9.17) is 5.26 Å². The summed E-state index contributed by atoms with van der Waals surface area (Å²) in [5.41, 5.74) is -0.142. The Balaban J connectivity index is 2.09. The maximum absolute atomic E-state index is 8.91. The standard InChI is InChI=1S/C13H25N3/c1-12-10-16(9-7-15-12)8-5-4-6-13(2,3)11-14/h12,15H,4-10H2,1-3H3. The second-order valence-electron chi connectivity index (χ2n) is 5.61. The molecular weight excluding hydrogens is 198 g/mol. The average Bonchev–Trinajstić information content (AvgIpc) is 2.25. The molecule has 0 bridgehead atoms. The van der Waals surface area contributed by atoms with Gasteiger partial charge in [-0.1, -0.05) is 6.42 Å². The molecule has 0 amide bonds. The Bertz CT molecular complexity index is 242. The van der Waals surface area contributed by atoms with Crippen LogP contribution in [0.2, 0.25) is 0 Å². The molecule has 1 aliphatic heterocycles. The highest BCUT2D eigenvalue weighted by Crippen LogP contribution is 2.21. The molecule has 1 fully saturated rings. The van der Waals surface area contributed by atoms with Gasteiger partial charge in [-0.05, 0) is 40.2 Å². The van der Waals surface area contributed by atoms with Gasteiger partial charge in [-0.2, -0.15) is 5.26 Å². The van der Waals surface area contributed by atoms with Crippen LogP contribution in [0.3, 0.4) is 0 Å². The van der Waals surface area contributed by atoms with Gasteiger partial charge < -0.3 is 10.2 Å². The van der Waals surface area contributed by atoms with Crippen molar-refractivity contribution in [2.24, 2.45) is 5.41 Å². The first-order valence-electron chi connectivity index (χ1n) is 6.40. The van der Waals surface area contributed by atoms with Gasteiger partial charge in [0.1, 0.15) is 0 Å². The molecule has 0 aliphatic carbocycles. The van der Waals surface area contributed by atoms with Crippen LogP contribution in [0.15, 0.2) is 0 Å². The number of nitrogens with one attached hydrogen (secondary N) is 1. The first-order chi connectivity index (χ1) is 7.53. The van der Waals surface area contributed by atoms with Crippen molar-refractivity contribution in [3.63, 3.8) is 0 Å². The molecule has 0 aromatic heterocycles. The van der Waals surface area contributed by atoms with Gasteiger partial charge in [-0.25, -0.2) is 0 Å². The van der Waals surface area contributed by atoms with Crippen LogP contribution in [0.4, 0.5) is 0 Å². The molecule has 0 saturated carbocycles. The topological polar surface area (TPSA) is 39.1 Å². The molecule has 92 valence electrons. The molecule has 3 nitrogen and oxygen atoms in total. The van der Waals surface area contributed by atoms with E-state index in [0.717, 1.165) is 13.0 Å². The zero-order chi connectivity index (χ0) is 12.0. The summed E-state index contributed by atoms with van der Waals surface area (Å²) in [5.74, 6) is 0. The van der Waals surface area contributed by atoms with Gasteiger partial charge in [0.25, 0.3) is 0 Å². The molecule has 1 atom stereocenters. The third-order valence-electron chi connectivity index (χ3n) is 3.28. The van der Waals surface area contributed by atoms with Crippen LogP contribution in [-0.4, -0.2) is 37.1 Å². The summed E-state index contributed by atoms with van der Waals surface area (Å²) in [7, 11) is 0. The quantitative estimate of drug-likeness (QED) is 0.725. The van der Waals surface area contributed by atoms with Crippen molar-refractivity contribution in [2.75, 3.05) is 26.2 Å². The Morgan fingerprint density at radius 2 is 2.19 bits per heavy atom. The lowest BCUT2D eigenvalue weighted by Crippen LogP contribution is -2.49. The van der Waals surface area contributed by atoms with Gasteiger partial charge in [-0.3, -0.25) is 0 Å². The first-order valence-corrected chi connectivity index (χ1v) is 6.40. The SMILES string of the molecule is CC1CN(CCCCC(C)(C)C#N)CCN1. The number of hydrogen-bond donors (Lipinski definition) is 1. The molecule has 0 radical (unpaired) electrons. The van der Waals surface area contributed by atoms with Crippen molar-refractivity contribution in [1.29, 1.82) is 5.26 Å². The Hall–Kier alpha value is -0.590. The second-order valence-corrected chi connectivity index (χ2v) is 5.61. The zero-order valence-corrected chi connectivity index (χ0v) is 10.9. The van der Waals surface area contributed by atoms with Gasteiger partial charge in [-0.15, -0.1) is 0 Å². The van der Waals surface area contributed by atoms with Crippen LogP contribution in [0.25, 0.3) is 0 Å². The highest BCUT2D eigenvalue weighted by Gasteiger charge is 2.17. The van der Waals surface area contributed by atoms with E-state index in [1.165, 1.54) is 32.5 Å². The highest BCUT2D eigenvalue weighted by atomic mass is 15.2. The van der Waals surface area contributed by atoms with E-state index in [-0.39, 0.29) is 5.41 Å². The fraction of sp³-hybridized carbons (Fsp3) is 0.923. The highest BCUT2D eigenvalue weighted by molar-refractivity contribution is 4.91. The minimum atomic E-state index is -0.142.